The number of carboxylic acid groups (broad SMARTS) is 2. The van der Waals surface area contributed by atoms with Crippen molar-refractivity contribution < 1.29 is 86.6 Å². The van der Waals surface area contributed by atoms with Gasteiger partial charge in [0.2, 0.25) is 23.6 Å². The number of guanidine groups is 1. The Labute approximate surface area is 324 Å². The van der Waals surface area contributed by atoms with Crippen LogP contribution in [0.4, 0.5) is 0 Å². The van der Waals surface area contributed by atoms with Crippen molar-refractivity contribution >= 4 is 65.4 Å². The number of carbonyl (C=O) groups is 10. The number of ether oxygens (including phenoxy) is 6. The maximum atomic E-state index is 13.2. The number of esters is 4. The minimum Gasteiger partial charge on any atom is -0.481 e. The van der Waals surface area contributed by atoms with Gasteiger partial charge in [0.05, 0.1) is 26.1 Å². The van der Waals surface area contributed by atoms with E-state index in [-0.39, 0.29) is 25.3 Å². The Balaban J connectivity index is 3.20. The Morgan fingerprint density at radius 1 is 0.737 bits per heavy atom. The Morgan fingerprint density at radius 2 is 1.32 bits per heavy atom. The standard InChI is InChI=1S/C31H48N8O18/c1-13(40)52-12-20-24(54-14(2)41)25(55-15(3)42)26(56-16(4)43)30(57-20)53-11-19(29(50)51)39-28(49)18(8-23(46)47)38-22(45)10-36-27(48)17(37-21(44)9-32)6-5-7-35-31(33)34/h17-20,24-26,30H,5-12,32H2,1-4H3,(H,36,48)(H,37,44)(H,38,45)(H,39,49)(H,46,47)(H,50,51)(H4,33,34,35)/t17-,18-,19-,20+,24+,25-,26+,30+/m0/s1. The first-order chi connectivity index (χ1) is 26.6. The van der Waals surface area contributed by atoms with Gasteiger partial charge in [-0.25, -0.2) is 4.79 Å². The fourth-order valence-electron chi connectivity index (χ4n) is 4.91. The van der Waals surface area contributed by atoms with Crippen molar-refractivity contribution in [2.45, 2.75) is 95.8 Å². The number of hydrogen-bond donors (Lipinski definition) is 9. The molecule has 0 aromatic heterocycles. The van der Waals surface area contributed by atoms with Crippen LogP contribution in [0.3, 0.4) is 0 Å². The first kappa shape index (κ1) is 48.9. The maximum absolute atomic E-state index is 13.2. The van der Waals surface area contributed by atoms with E-state index in [1.807, 2.05) is 5.32 Å². The Bertz CT molecular complexity index is 1520. The van der Waals surface area contributed by atoms with Gasteiger partial charge in [-0.3, -0.25) is 48.1 Å². The molecule has 0 radical (unpaired) electrons. The topological polar surface area (TPSA) is 405 Å². The summed E-state index contributed by atoms with van der Waals surface area (Å²) in [4.78, 5) is 126. The molecule has 0 aromatic carbocycles. The van der Waals surface area contributed by atoms with Gasteiger partial charge in [0.25, 0.3) is 0 Å². The van der Waals surface area contributed by atoms with Crippen LogP contribution in [0.1, 0.15) is 47.0 Å². The highest BCUT2D eigenvalue weighted by atomic mass is 16.7. The van der Waals surface area contributed by atoms with E-state index in [2.05, 4.69) is 20.9 Å². The van der Waals surface area contributed by atoms with E-state index in [0.29, 0.717) is 0 Å². The number of aliphatic carboxylic acids is 2. The first-order valence-corrected chi connectivity index (χ1v) is 16.9. The highest BCUT2D eigenvalue weighted by Gasteiger charge is 2.53. The molecule has 4 amide bonds. The van der Waals surface area contributed by atoms with Crippen molar-refractivity contribution in [2.75, 3.05) is 32.8 Å². The van der Waals surface area contributed by atoms with Gasteiger partial charge in [-0.05, 0) is 12.8 Å². The van der Waals surface area contributed by atoms with Gasteiger partial charge in [-0.2, -0.15) is 0 Å². The van der Waals surface area contributed by atoms with Crippen molar-refractivity contribution in [3.05, 3.63) is 0 Å². The van der Waals surface area contributed by atoms with E-state index < -0.39 is 141 Å². The van der Waals surface area contributed by atoms with Crippen LogP contribution in [0, 0.1) is 0 Å². The summed E-state index contributed by atoms with van der Waals surface area (Å²) in [5.41, 5.74) is 15.8. The summed E-state index contributed by atoms with van der Waals surface area (Å²) in [5.74, 6) is -11.2. The normalized spacial score (nSPS) is 20.1. The third-order valence-electron chi connectivity index (χ3n) is 7.23. The number of nitrogens with two attached hydrogens (primary N) is 3. The molecular formula is C31H48N8O18. The van der Waals surface area contributed by atoms with Crippen molar-refractivity contribution in [3.8, 4) is 0 Å². The minimum atomic E-state index is -2.02. The number of aliphatic imine (C=N–C) groups is 1. The number of amides is 4. The molecule has 1 saturated heterocycles. The molecule has 1 aliphatic heterocycles. The van der Waals surface area contributed by atoms with Gasteiger partial charge in [-0.1, -0.05) is 0 Å². The van der Waals surface area contributed by atoms with Crippen LogP contribution in [-0.2, 0) is 76.4 Å². The largest absolute Gasteiger partial charge is 0.481 e. The molecule has 1 rings (SSSR count). The van der Waals surface area contributed by atoms with Crippen LogP contribution in [0.2, 0.25) is 0 Å². The van der Waals surface area contributed by atoms with Crippen molar-refractivity contribution in [2.24, 2.45) is 22.2 Å². The smallest absolute Gasteiger partial charge is 0.328 e. The van der Waals surface area contributed by atoms with E-state index in [4.69, 9.17) is 45.6 Å². The summed E-state index contributed by atoms with van der Waals surface area (Å²) in [6, 6.07) is -5.14. The lowest BCUT2D eigenvalue weighted by molar-refractivity contribution is -0.308. The van der Waals surface area contributed by atoms with Gasteiger partial charge in [-0.15, -0.1) is 0 Å². The molecule has 26 heteroatoms. The summed E-state index contributed by atoms with van der Waals surface area (Å²) in [7, 11) is 0. The number of rotatable bonds is 23. The average molecular weight is 821 g/mol. The van der Waals surface area contributed by atoms with Gasteiger partial charge >= 0.3 is 35.8 Å². The average Bonchev–Trinajstić information content (AvgIpc) is 3.09. The zero-order valence-corrected chi connectivity index (χ0v) is 31.4. The van der Waals surface area contributed by atoms with Crippen LogP contribution in [-0.4, -0.2) is 157 Å². The lowest BCUT2D eigenvalue weighted by Crippen LogP contribution is -2.63. The molecule has 0 aliphatic carbocycles. The lowest BCUT2D eigenvalue weighted by atomic mass is 9.98. The quantitative estimate of drug-likeness (QED) is 0.0152. The highest BCUT2D eigenvalue weighted by molar-refractivity contribution is 5.95. The molecule has 0 saturated carbocycles. The van der Waals surface area contributed by atoms with E-state index in [1.165, 1.54) is 0 Å². The predicted octanol–water partition coefficient (Wildman–Crippen LogP) is -5.77. The van der Waals surface area contributed by atoms with Gasteiger partial charge in [0.15, 0.2) is 36.6 Å². The molecule has 26 nitrogen and oxygen atoms in total. The summed E-state index contributed by atoms with van der Waals surface area (Å²) < 4.78 is 32.0. The molecule has 57 heavy (non-hydrogen) atoms. The minimum absolute atomic E-state index is 0.0101. The second-order valence-electron chi connectivity index (χ2n) is 12.0. The van der Waals surface area contributed by atoms with Crippen LogP contribution >= 0.6 is 0 Å². The zero-order valence-electron chi connectivity index (χ0n) is 31.4. The molecular weight excluding hydrogens is 772 g/mol. The summed E-state index contributed by atoms with van der Waals surface area (Å²) in [5, 5.41) is 27.9. The number of hydrogen-bond acceptors (Lipinski definition) is 18. The van der Waals surface area contributed by atoms with Gasteiger partial charge in [0.1, 0.15) is 24.8 Å². The van der Waals surface area contributed by atoms with Gasteiger partial charge in [0, 0.05) is 34.2 Å². The molecule has 8 atom stereocenters. The molecule has 0 aromatic rings. The van der Waals surface area contributed by atoms with Gasteiger partial charge < -0.3 is 77.1 Å². The second kappa shape index (κ2) is 24.4. The molecule has 0 spiro atoms. The molecule has 1 fully saturated rings. The third kappa shape index (κ3) is 18.8. The number of carbonyl (C=O) groups excluding carboxylic acids is 8. The summed E-state index contributed by atoms with van der Waals surface area (Å²) in [6.45, 7) is 1.11. The molecule has 1 heterocycles. The highest BCUT2D eigenvalue weighted by Crippen LogP contribution is 2.30. The second-order valence-corrected chi connectivity index (χ2v) is 12.0. The van der Waals surface area contributed by atoms with Crippen LogP contribution < -0.4 is 38.5 Å². The molecule has 0 bridgehead atoms. The molecule has 12 N–H and O–H groups in total. The molecule has 0 unspecified atom stereocenters. The lowest BCUT2D eigenvalue weighted by Gasteiger charge is -2.44. The van der Waals surface area contributed by atoms with Crippen LogP contribution in [0.15, 0.2) is 4.99 Å². The summed E-state index contributed by atoms with van der Waals surface area (Å²) in [6.07, 6.45) is -9.10. The number of nitrogens with zero attached hydrogens (tertiary/aromatic N) is 1. The fourth-order valence-corrected chi connectivity index (χ4v) is 4.91. The van der Waals surface area contributed by atoms with E-state index in [0.717, 1.165) is 27.7 Å². The van der Waals surface area contributed by atoms with E-state index in [1.54, 1.807) is 0 Å². The molecule has 1 aliphatic rings. The first-order valence-electron chi connectivity index (χ1n) is 16.9. The zero-order chi connectivity index (χ0) is 43.4. The van der Waals surface area contributed by atoms with E-state index in [9.17, 15) is 58.2 Å². The van der Waals surface area contributed by atoms with E-state index >= 15 is 0 Å². The maximum Gasteiger partial charge on any atom is 0.328 e. The number of carboxylic acids is 2. The van der Waals surface area contributed by atoms with Crippen LogP contribution in [0.5, 0.6) is 0 Å². The fraction of sp³-hybridized carbons (Fsp3) is 0.645. The Hall–Kier alpha value is -6.15. The third-order valence-corrected chi connectivity index (χ3v) is 7.23. The summed E-state index contributed by atoms with van der Waals surface area (Å²) >= 11 is 0. The number of nitrogens with one attached hydrogen (secondary N) is 4. The Morgan fingerprint density at radius 3 is 1.84 bits per heavy atom. The Kier molecular flexibility index (Phi) is 20.9. The SMILES string of the molecule is CC(=O)OC[C@H]1O[C@@H](OC[C@H](NC(=O)[C@H](CC(=O)O)NC(=O)CNC(=O)[C@H](CCCN=C(N)N)NC(=O)CN)C(=O)O)[C@H](OC(C)=O)[C@@H](OC(C)=O)[C@@H]1OC(C)=O. The monoisotopic (exact) mass is 820 g/mol. The van der Waals surface area contributed by atoms with Crippen molar-refractivity contribution in [3.63, 3.8) is 0 Å². The van der Waals surface area contributed by atoms with Crippen molar-refractivity contribution in [1.82, 2.24) is 21.3 Å². The van der Waals surface area contributed by atoms with Crippen molar-refractivity contribution in [1.29, 1.82) is 0 Å². The van der Waals surface area contributed by atoms with Crippen LogP contribution in [0.25, 0.3) is 0 Å². The predicted molar refractivity (Wildman–Crippen MR) is 186 cm³/mol. The molecule has 320 valence electrons.